The number of hydrogen-bond acceptors (Lipinski definition) is 3. The molecule has 0 radical (unpaired) electrons. The highest BCUT2D eigenvalue weighted by Gasteiger charge is 2.30. The molecular weight excluding hydrogens is 156 g/mol. The Morgan fingerprint density at radius 2 is 2.33 bits per heavy atom. The number of carbonyl (C=O) groups is 1. The second-order valence-corrected chi connectivity index (χ2v) is 3.38. The first-order chi connectivity index (χ1) is 5.83. The Hall–Kier alpha value is -0.410. The molecule has 1 fully saturated rings. The van der Waals surface area contributed by atoms with E-state index in [9.17, 15) is 4.79 Å². The molecule has 0 spiro atoms. The molecule has 0 saturated carbocycles. The molecule has 0 N–H and O–H groups in total. The van der Waals surface area contributed by atoms with Gasteiger partial charge in [0.1, 0.15) is 6.29 Å². The van der Waals surface area contributed by atoms with Gasteiger partial charge in [-0.3, -0.25) is 0 Å². The Kier molecular flexibility index (Phi) is 3.69. The van der Waals surface area contributed by atoms with Crippen LogP contribution in [0.1, 0.15) is 19.3 Å². The van der Waals surface area contributed by atoms with Crippen molar-refractivity contribution in [2.75, 3.05) is 26.9 Å². The van der Waals surface area contributed by atoms with Crippen LogP contribution in [0.2, 0.25) is 0 Å². The van der Waals surface area contributed by atoms with Gasteiger partial charge < -0.3 is 14.3 Å². The van der Waals surface area contributed by atoms with Crippen LogP contribution in [-0.4, -0.2) is 33.2 Å². The van der Waals surface area contributed by atoms with E-state index in [0.717, 1.165) is 32.2 Å². The summed E-state index contributed by atoms with van der Waals surface area (Å²) < 4.78 is 10.3. The first-order valence-electron chi connectivity index (χ1n) is 4.36. The summed E-state index contributed by atoms with van der Waals surface area (Å²) in [6.07, 6.45) is 3.68. The normalized spacial score (nSPS) is 31.1. The topological polar surface area (TPSA) is 35.5 Å². The molecule has 0 aliphatic carbocycles. The minimum Gasteiger partial charge on any atom is -0.384 e. The van der Waals surface area contributed by atoms with Gasteiger partial charge in [0.15, 0.2) is 0 Å². The molecular formula is C9H16O3. The van der Waals surface area contributed by atoms with Crippen LogP contribution in [0, 0.1) is 5.41 Å². The molecule has 3 nitrogen and oxygen atoms in total. The number of carbonyl (C=O) groups excluding carboxylic acids is 1. The van der Waals surface area contributed by atoms with E-state index >= 15 is 0 Å². The lowest BCUT2D eigenvalue weighted by Crippen LogP contribution is -2.28. The van der Waals surface area contributed by atoms with Gasteiger partial charge in [-0.25, -0.2) is 0 Å². The third-order valence-electron chi connectivity index (χ3n) is 2.39. The minimum atomic E-state index is -0.273. The molecule has 0 amide bonds. The second-order valence-electron chi connectivity index (χ2n) is 3.38. The molecule has 70 valence electrons. The molecule has 0 bridgehead atoms. The van der Waals surface area contributed by atoms with Crippen molar-refractivity contribution in [2.45, 2.75) is 19.3 Å². The molecule has 1 unspecified atom stereocenters. The number of rotatable bonds is 3. The second kappa shape index (κ2) is 4.58. The van der Waals surface area contributed by atoms with Gasteiger partial charge in [0, 0.05) is 20.3 Å². The molecule has 1 aliphatic rings. The first kappa shape index (κ1) is 9.68. The van der Waals surface area contributed by atoms with Crippen molar-refractivity contribution >= 4 is 6.29 Å². The van der Waals surface area contributed by atoms with E-state index in [1.165, 1.54) is 0 Å². The van der Waals surface area contributed by atoms with Gasteiger partial charge in [0.2, 0.25) is 0 Å². The molecule has 1 rings (SSSR count). The van der Waals surface area contributed by atoms with Crippen molar-refractivity contribution < 1.29 is 14.3 Å². The Balaban J connectivity index is 2.54. The van der Waals surface area contributed by atoms with Crippen LogP contribution in [0.15, 0.2) is 0 Å². The van der Waals surface area contributed by atoms with Crippen LogP contribution in [-0.2, 0) is 14.3 Å². The van der Waals surface area contributed by atoms with Crippen LogP contribution < -0.4 is 0 Å². The first-order valence-corrected chi connectivity index (χ1v) is 4.36. The highest BCUT2D eigenvalue weighted by molar-refractivity contribution is 5.59. The summed E-state index contributed by atoms with van der Waals surface area (Å²) in [5.74, 6) is 0. The minimum absolute atomic E-state index is 0.273. The quantitative estimate of drug-likeness (QED) is 0.596. The number of methoxy groups -OCH3 is 1. The summed E-state index contributed by atoms with van der Waals surface area (Å²) in [6.45, 7) is 1.99. The predicted molar refractivity (Wildman–Crippen MR) is 45.0 cm³/mol. The van der Waals surface area contributed by atoms with Gasteiger partial charge in [0.05, 0.1) is 12.0 Å². The number of ether oxygens (including phenoxy) is 2. The molecule has 0 aromatic rings. The zero-order chi connectivity index (χ0) is 8.86. The molecule has 1 heterocycles. The monoisotopic (exact) mass is 172 g/mol. The van der Waals surface area contributed by atoms with E-state index in [2.05, 4.69) is 0 Å². The Morgan fingerprint density at radius 3 is 3.00 bits per heavy atom. The predicted octanol–water partition coefficient (Wildman–Crippen LogP) is 1.02. The average molecular weight is 172 g/mol. The number of aldehydes is 1. The summed E-state index contributed by atoms with van der Waals surface area (Å²) in [5.41, 5.74) is -0.273. The maximum Gasteiger partial charge on any atom is 0.128 e. The van der Waals surface area contributed by atoms with Crippen molar-refractivity contribution in [3.8, 4) is 0 Å². The van der Waals surface area contributed by atoms with Crippen LogP contribution >= 0.6 is 0 Å². The standard InChI is InChI=1S/C9H16O3/c1-11-8-9(7-10)3-2-5-12-6-4-9/h7H,2-6,8H2,1H3. The molecule has 3 heteroatoms. The van der Waals surface area contributed by atoms with E-state index in [1.54, 1.807) is 7.11 Å². The average Bonchev–Trinajstić information content (AvgIpc) is 2.32. The van der Waals surface area contributed by atoms with Crippen molar-refractivity contribution in [1.82, 2.24) is 0 Å². The van der Waals surface area contributed by atoms with Crippen LogP contribution in [0.4, 0.5) is 0 Å². The highest BCUT2D eigenvalue weighted by atomic mass is 16.5. The lowest BCUT2D eigenvalue weighted by molar-refractivity contribution is -0.120. The van der Waals surface area contributed by atoms with Crippen LogP contribution in [0.25, 0.3) is 0 Å². The van der Waals surface area contributed by atoms with Gasteiger partial charge in [-0.15, -0.1) is 0 Å². The fraction of sp³-hybridized carbons (Fsp3) is 0.889. The maximum atomic E-state index is 10.9. The largest absolute Gasteiger partial charge is 0.384 e. The van der Waals surface area contributed by atoms with Crippen molar-refractivity contribution in [2.24, 2.45) is 5.41 Å². The van der Waals surface area contributed by atoms with E-state index in [-0.39, 0.29) is 5.41 Å². The molecule has 1 saturated heterocycles. The zero-order valence-electron chi connectivity index (χ0n) is 7.54. The SMILES string of the molecule is COCC1(C=O)CCCOCC1. The van der Waals surface area contributed by atoms with Gasteiger partial charge in [0.25, 0.3) is 0 Å². The smallest absolute Gasteiger partial charge is 0.128 e. The Labute approximate surface area is 73.0 Å². The van der Waals surface area contributed by atoms with E-state index in [1.807, 2.05) is 0 Å². The molecule has 12 heavy (non-hydrogen) atoms. The highest BCUT2D eigenvalue weighted by Crippen LogP contribution is 2.28. The fourth-order valence-corrected chi connectivity index (χ4v) is 1.61. The zero-order valence-corrected chi connectivity index (χ0v) is 7.54. The Bertz CT molecular complexity index is 137. The lowest BCUT2D eigenvalue weighted by Gasteiger charge is -2.24. The Morgan fingerprint density at radius 1 is 1.50 bits per heavy atom. The third kappa shape index (κ3) is 2.29. The molecule has 1 atom stereocenters. The fourth-order valence-electron chi connectivity index (χ4n) is 1.61. The van der Waals surface area contributed by atoms with Gasteiger partial charge >= 0.3 is 0 Å². The van der Waals surface area contributed by atoms with Gasteiger partial charge in [-0.05, 0) is 19.3 Å². The lowest BCUT2D eigenvalue weighted by atomic mass is 9.83. The van der Waals surface area contributed by atoms with E-state index in [0.29, 0.717) is 13.2 Å². The van der Waals surface area contributed by atoms with Crippen molar-refractivity contribution in [1.29, 1.82) is 0 Å². The summed E-state index contributed by atoms with van der Waals surface area (Å²) in [7, 11) is 1.64. The van der Waals surface area contributed by atoms with Gasteiger partial charge in [-0.1, -0.05) is 0 Å². The van der Waals surface area contributed by atoms with Crippen molar-refractivity contribution in [3.05, 3.63) is 0 Å². The molecule has 0 aromatic carbocycles. The summed E-state index contributed by atoms with van der Waals surface area (Å²) in [5, 5.41) is 0. The van der Waals surface area contributed by atoms with Crippen LogP contribution in [0.3, 0.4) is 0 Å². The van der Waals surface area contributed by atoms with Gasteiger partial charge in [-0.2, -0.15) is 0 Å². The van der Waals surface area contributed by atoms with Crippen LogP contribution in [0.5, 0.6) is 0 Å². The summed E-state index contributed by atoms with van der Waals surface area (Å²) >= 11 is 0. The third-order valence-corrected chi connectivity index (χ3v) is 2.39. The summed E-state index contributed by atoms with van der Waals surface area (Å²) in [6, 6.07) is 0. The maximum absolute atomic E-state index is 10.9. The molecule has 0 aromatic heterocycles. The number of hydrogen-bond donors (Lipinski definition) is 0. The van der Waals surface area contributed by atoms with E-state index in [4.69, 9.17) is 9.47 Å². The van der Waals surface area contributed by atoms with E-state index < -0.39 is 0 Å². The summed E-state index contributed by atoms with van der Waals surface area (Å²) in [4.78, 5) is 10.9. The van der Waals surface area contributed by atoms with Crippen molar-refractivity contribution in [3.63, 3.8) is 0 Å². The molecule has 1 aliphatic heterocycles.